The van der Waals surface area contributed by atoms with Gasteiger partial charge in [0, 0.05) is 12.1 Å². The Morgan fingerprint density at radius 1 is 1.47 bits per heavy atom. The first kappa shape index (κ1) is 14.9. The molecule has 0 bridgehead atoms. The number of nitrogens with two attached hydrogens (primary N) is 1. The van der Waals surface area contributed by atoms with Crippen LogP contribution in [0.3, 0.4) is 0 Å². The fraction of sp³-hybridized carbons (Fsp3) is 1.00. The molecular weight excluding hydrogens is 214 g/mol. The Morgan fingerprint density at radius 2 is 2.18 bits per heavy atom. The lowest BCUT2D eigenvalue weighted by Gasteiger charge is -2.30. The standard InChI is InChI=1S/C14H29NO2/c1-11-5-4-6-13(7-11)9-17-12(2)8-14(3,15)10-16/h11-13,16H,4-10,15H2,1-3H3. The molecular formula is C14H29NO2. The molecule has 102 valence electrons. The Labute approximate surface area is 106 Å². The number of aliphatic hydroxyl groups excluding tert-OH is 1. The van der Waals surface area contributed by atoms with Crippen molar-refractivity contribution in [2.45, 2.75) is 64.5 Å². The summed E-state index contributed by atoms with van der Waals surface area (Å²) in [7, 11) is 0. The minimum atomic E-state index is -0.515. The van der Waals surface area contributed by atoms with Gasteiger partial charge in [0.25, 0.3) is 0 Å². The van der Waals surface area contributed by atoms with Crippen molar-refractivity contribution in [1.82, 2.24) is 0 Å². The molecule has 3 N–H and O–H groups in total. The van der Waals surface area contributed by atoms with Crippen molar-refractivity contribution < 1.29 is 9.84 Å². The third-order valence-electron chi connectivity index (χ3n) is 3.78. The molecule has 0 aromatic rings. The van der Waals surface area contributed by atoms with Crippen molar-refractivity contribution in [3.8, 4) is 0 Å². The van der Waals surface area contributed by atoms with Crippen LogP contribution in [0.4, 0.5) is 0 Å². The molecule has 1 saturated carbocycles. The van der Waals surface area contributed by atoms with Crippen molar-refractivity contribution in [2.24, 2.45) is 17.6 Å². The maximum atomic E-state index is 9.11. The molecule has 0 aromatic heterocycles. The van der Waals surface area contributed by atoms with Gasteiger partial charge in [0.2, 0.25) is 0 Å². The highest BCUT2D eigenvalue weighted by Gasteiger charge is 2.23. The van der Waals surface area contributed by atoms with E-state index in [1.54, 1.807) is 0 Å². The van der Waals surface area contributed by atoms with Crippen LogP contribution in [0.5, 0.6) is 0 Å². The van der Waals surface area contributed by atoms with Crippen LogP contribution in [0.25, 0.3) is 0 Å². The molecule has 0 aromatic carbocycles. The zero-order chi connectivity index (χ0) is 12.9. The second-order valence-electron chi connectivity index (χ2n) is 6.30. The summed E-state index contributed by atoms with van der Waals surface area (Å²) in [4.78, 5) is 0. The Morgan fingerprint density at radius 3 is 2.76 bits per heavy atom. The van der Waals surface area contributed by atoms with Crippen molar-refractivity contribution in [3.05, 3.63) is 0 Å². The molecule has 0 aliphatic heterocycles. The summed E-state index contributed by atoms with van der Waals surface area (Å²) in [6.07, 6.45) is 6.16. The lowest BCUT2D eigenvalue weighted by Crippen LogP contribution is -2.43. The van der Waals surface area contributed by atoms with Gasteiger partial charge < -0.3 is 15.6 Å². The van der Waals surface area contributed by atoms with Crippen LogP contribution >= 0.6 is 0 Å². The van der Waals surface area contributed by atoms with E-state index in [0.29, 0.717) is 6.42 Å². The van der Waals surface area contributed by atoms with E-state index >= 15 is 0 Å². The minimum Gasteiger partial charge on any atom is -0.394 e. The van der Waals surface area contributed by atoms with E-state index < -0.39 is 5.54 Å². The normalized spacial score (nSPS) is 30.9. The highest BCUT2D eigenvalue weighted by Crippen LogP contribution is 2.29. The topological polar surface area (TPSA) is 55.5 Å². The monoisotopic (exact) mass is 243 g/mol. The third-order valence-corrected chi connectivity index (χ3v) is 3.78. The van der Waals surface area contributed by atoms with Crippen LogP contribution in [0.1, 0.15) is 52.9 Å². The van der Waals surface area contributed by atoms with E-state index in [9.17, 15) is 0 Å². The van der Waals surface area contributed by atoms with Crippen LogP contribution in [0, 0.1) is 11.8 Å². The van der Waals surface area contributed by atoms with E-state index in [1.807, 2.05) is 13.8 Å². The van der Waals surface area contributed by atoms with Gasteiger partial charge in [-0.3, -0.25) is 0 Å². The molecule has 4 atom stereocenters. The van der Waals surface area contributed by atoms with Gasteiger partial charge in [-0.25, -0.2) is 0 Å². The first-order valence-electron chi connectivity index (χ1n) is 6.94. The molecule has 3 heteroatoms. The predicted molar refractivity (Wildman–Crippen MR) is 70.8 cm³/mol. The quantitative estimate of drug-likeness (QED) is 0.752. The van der Waals surface area contributed by atoms with Gasteiger partial charge in [-0.15, -0.1) is 0 Å². The summed E-state index contributed by atoms with van der Waals surface area (Å²) in [5.41, 5.74) is 5.40. The molecule has 3 nitrogen and oxygen atoms in total. The maximum Gasteiger partial charge on any atom is 0.0609 e. The molecule has 0 radical (unpaired) electrons. The molecule has 1 aliphatic carbocycles. The SMILES string of the molecule is CC1CCCC(COC(C)CC(C)(N)CO)C1. The van der Waals surface area contributed by atoms with Crippen molar-refractivity contribution in [3.63, 3.8) is 0 Å². The number of rotatable bonds is 6. The zero-order valence-corrected chi connectivity index (χ0v) is 11.6. The Hall–Kier alpha value is -0.120. The fourth-order valence-corrected chi connectivity index (χ4v) is 2.79. The third kappa shape index (κ3) is 5.84. The Kier molecular flexibility index (Phi) is 5.90. The van der Waals surface area contributed by atoms with Crippen LogP contribution in [0.15, 0.2) is 0 Å². The molecule has 0 saturated heterocycles. The second-order valence-corrected chi connectivity index (χ2v) is 6.30. The van der Waals surface area contributed by atoms with Gasteiger partial charge in [0.05, 0.1) is 12.7 Å². The molecule has 1 aliphatic rings. The van der Waals surface area contributed by atoms with Crippen molar-refractivity contribution in [1.29, 1.82) is 0 Å². The molecule has 1 fully saturated rings. The second kappa shape index (κ2) is 6.72. The van der Waals surface area contributed by atoms with Gasteiger partial charge in [-0.1, -0.05) is 19.8 Å². The first-order chi connectivity index (χ1) is 7.93. The smallest absolute Gasteiger partial charge is 0.0609 e. The minimum absolute atomic E-state index is 0.0150. The zero-order valence-electron chi connectivity index (χ0n) is 11.6. The predicted octanol–water partition coefficient (Wildman–Crippen LogP) is 2.32. The van der Waals surface area contributed by atoms with E-state index in [2.05, 4.69) is 6.92 Å². The highest BCUT2D eigenvalue weighted by molar-refractivity contribution is 4.80. The average Bonchev–Trinajstić information content (AvgIpc) is 2.26. The molecule has 0 amide bonds. The van der Waals surface area contributed by atoms with E-state index in [1.165, 1.54) is 25.7 Å². The number of ether oxygens (including phenoxy) is 1. The summed E-state index contributed by atoms with van der Waals surface area (Å²) in [5.74, 6) is 1.57. The summed E-state index contributed by atoms with van der Waals surface area (Å²) >= 11 is 0. The molecule has 4 unspecified atom stereocenters. The Balaban J connectivity index is 2.21. The molecule has 0 spiro atoms. The van der Waals surface area contributed by atoms with Gasteiger partial charge >= 0.3 is 0 Å². The highest BCUT2D eigenvalue weighted by atomic mass is 16.5. The number of hydrogen-bond acceptors (Lipinski definition) is 3. The Bertz CT molecular complexity index is 218. The average molecular weight is 243 g/mol. The first-order valence-corrected chi connectivity index (χ1v) is 6.94. The number of aliphatic hydroxyl groups is 1. The van der Waals surface area contributed by atoms with Crippen LogP contribution in [-0.2, 0) is 4.74 Å². The van der Waals surface area contributed by atoms with Crippen LogP contribution in [0.2, 0.25) is 0 Å². The largest absolute Gasteiger partial charge is 0.394 e. The lowest BCUT2D eigenvalue weighted by molar-refractivity contribution is 0.00584. The van der Waals surface area contributed by atoms with Crippen molar-refractivity contribution >= 4 is 0 Å². The number of hydrogen-bond donors (Lipinski definition) is 2. The maximum absolute atomic E-state index is 9.11. The fourth-order valence-electron chi connectivity index (χ4n) is 2.79. The molecule has 0 heterocycles. The van der Waals surface area contributed by atoms with E-state index in [0.717, 1.165) is 18.4 Å². The van der Waals surface area contributed by atoms with E-state index in [-0.39, 0.29) is 12.7 Å². The van der Waals surface area contributed by atoms with Gasteiger partial charge in [0.15, 0.2) is 0 Å². The van der Waals surface area contributed by atoms with Crippen LogP contribution in [-0.4, -0.2) is 30.0 Å². The lowest BCUT2D eigenvalue weighted by atomic mass is 9.83. The molecule has 17 heavy (non-hydrogen) atoms. The summed E-state index contributed by atoms with van der Waals surface area (Å²) < 4.78 is 5.88. The molecule has 1 rings (SSSR count). The summed E-state index contributed by atoms with van der Waals surface area (Å²) in [6.45, 7) is 7.12. The van der Waals surface area contributed by atoms with Gasteiger partial charge in [-0.2, -0.15) is 0 Å². The van der Waals surface area contributed by atoms with Gasteiger partial charge in [-0.05, 0) is 44.9 Å². The van der Waals surface area contributed by atoms with Crippen molar-refractivity contribution in [2.75, 3.05) is 13.2 Å². The van der Waals surface area contributed by atoms with Crippen LogP contribution < -0.4 is 5.73 Å². The summed E-state index contributed by atoms with van der Waals surface area (Å²) in [5, 5.41) is 9.11. The summed E-state index contributed by atoms with van der Waals surface area (Å²) in [6, 6.07) is 0. The van der Waals surface area contributed by atoms with Gasteiger partial charge in [0.1, 0.15) is 0 Å². The van der Waals surface area contributed by atoms with E-state index in [4.69, 9.17) is 15.6 Å².